The zero-order valence-electron chi connectivity index (χ0n) is 11.1. The van der Waals surface area contributed by atoms with Gasteiger partial charge in [0.25, 0.3) is 0 Å². The Hall–Kier alpha value is -1.62. The predicted molar refractivity (Wildman–Crippen MR) is 72.6 cm³/mol. The van der Waals surface area contributed by atoms with E-state index in [0.717, 1.165) is 18.4 Å². The van der Waals surface area contributed by atoms with E-state index in [1.165, 1.54) is 25.0 Å². The van der Waals surface area contributed by atoms with Gasteiger partial charge in [-0.15, -0.1) is 0 Å². The third-order valence-electron chi connectivity index (χ3n) is 3.87. The topological polar surface area (TPSA) is 70.6 Å². The van der Waals surface area contributed by atoms with Gasteiger partial charge in [0, 0.05) is 17.6 Å². The summed E-state index contributed by atoms with van der Waals surface area (Å²) in [6, 6.07) is 4.36. The summed E-state index contributed by atoms with van der Waals surface area (Å²) in [7, 11) is 0. The van der Waals surface area contributed by atoms with Crippen LogP contribution >= 0.6 is 0 Å². The first-order valence-corrected chi connectivity index (χ1v) is 6.55. The second-order valence-corrected chi connectivity index (χ2v) is 5.41. The van der Waals surface area contributed by atoms with E-state index < -0.39 is 5.82 Å². The Morgan fingerprint density at radius 2 is 2.16 bits per heavy atom. The Labute approximate surface area is 112 Å². The number of hydrogen-bond acceptors (Lipinski definition) is 3. The number of amidine groups is 1. The molecule has 0 aromatic heterocycles. The highest BCUT2D eigenvalue weighted by Crippen LogP contribution is 2.29. The van der Waals surface area contributed by atoms with Gasteiger partial charge in [0.15, 0.2) is 5.84 Å². The van der Waals surface area contributed by atoms with Crippen LogP contribution in [0.1, 0.15) is 43.7 Å². The average molecular weight is 265 g/mol. The van der Waals surface area contributed by atoms with Crippen molar-refractivity contribution < 1.29 is 9.60 Å². The first-order valence-electron chi connectivity index (χ1n) is 6.55. The van der Waals surface area contributed by atoms with Crippen LogP contribution in [0.15, 0.2) is 23.4 Å². The van der Waals surface area contributed by atoms with Crippen molar-refractivity contribution in [2.24, 2.45) is 10.9 Å². The van der Waals surface area contributed by atoms with Crippen molar-refractivity contribution in [3.63, 3.8) is 0 Å². The van der Waals surface area contributed by atoms with Gasteiger partial charge in [-0.2, -0.15) is 0 Å². The molecule has 1 aliphatic carbocycles. The van der Waals surface area contributed by atoms with Crippen molar-refractivity contribution >= 4 is 5.84 Å². The van der Waals surface area contributed by atoms with Gasteiger partial charge >= 0.3 is 0 Å². The molecule has 0 atom stereocenters. The van der Waals surface area contributed by atoms with Crippen LogP contribution in [0.5, 0.6) is 0 Å². The molecule has 5 heteroatoms. The molecule has 1 fully saturated rings. The van der Waals surface area contributed by atoms with Crippen molar-refractivity contribution in [1.82, 2.24) is 5.32 Å². The molecule has 19 heavy (non-hydrogen) atoms. The minimum Gasteiger partial charge on any atom is -0.409 e. The fourth-order valence-corrected chi connectivity index (χ4v) is 2.64. The van der Waals surface area contributed by atoms with Gasteiger partial charge in [-0.25, -0.2) is 4.39 Å². The quantitative estimate of drug-likeness (QED) is 0.339. The summed E-state index contributed by atoms with van der Waals surface area (Å²) in [6.45, 7) is 2.79. The molecule has 0 heterocycles. The summed E-state index contributed by atoms with van der Waals surface area (Å²) in [5.41, 5.74) is 7.00. The lowest BCUT2D eigenvalue weighted by molar-refractivity contribution is 0.318. The normalized spacial score (nSPS) is 18.7. The van der Waals surface area contributed by atoms with Gasteiger partial charge < -0.3 is 16.3 Å². The Kier molecular flexibility index (Phi) is 4.04. The lowest BCUT2D eigenvalue weighted by Crippen LogP contribution is -2.39. The van der Waals surface area contributed by atoms with Crippen molar-refractivity contribution in [2.75, 3.05) is 0 Å². The molecule has 1 aliphatic rings. The van der Waals surface area contributed by atoms with Crippen LogP contribution in [-0.4, -0.2) is 16.6 Å². The Morgan fingerprint density at radius 1 is 1.47 bits per heavy atom. The molecule has 1 aromatic carbocycles. The number of benzene rings is 1. The number of nitrogens with one attached hydrogen (secondary N) is 1. The lowest BCUT2D eigenvalue weighted by atomic mass is 9.99. The Morgan fingerprint density at radius 3 is 2.79 bits per heavy atom. The van der Waals surface area contributed by atoms with Crippen molar-refractivity contribution in [1.29, 1.82) is 0 Å². The fraction of sp³-hybridized carbons (Fsp3) is 0.500. The molecule has 0 bridgehead atoms. The van der Waals surface area contributed by atoms with Crippen molar-refractivity contribution in [3.8, 4) is 0 Å². The molecule has 4 nitrogen and oxygen atoms in total. The second-order valence-electron chi connectivity index (χ2n) is 5.41. The molecular formula is C14H20FN3O. The number of hydrogen-bond donors (Lipinski definition) is 3. The molecule has 1 saturated carbocycles. The van der Waals surface area contributed by atoms with E-state index in [2.05, 4.69) is 17.4 Å². The van der Waals surface area contributed by atoms with Crippen LogP contribution in [0.3, 0.4) is 0 Å². The van der Waals surface area contributed by atoms with Crippen molar-refractivity contribution in [2.45, 2.75) is 44.7 Å². The number of halogens is 1. The molecule has 0 aliphatic heterocycles. The van der Waals surface area contributed by atoms with Gasteiger partial charge in [-0.1, -0.05) is 24.1 Å². The largest absolute Gasteiger partial charge is 0.409 e. The molecule has 1 aromatic rings. The molecule has 0 spiro atoms. The standard InChI is InChI=1S/C14H20FN3O/c1-14(6-2-3-7-14)17-9-10-4-5-11(15)8-12(10)13(16)18-19/h4-5,8,17,19H,2-3,6-7,9H2,1H3,(H2,16,18). The highest BCUT2D eigenvalue weighted by atomic mass is 19.1. The fourth-order valence-electron chi connectivity index (χ4n) is 2.64. The summed E-state index contributed by atoms with van der Waals surface area (Å²) in [4.78, 5) is 0. The van der Waals surface area contributed by atoms with E-state index >= 15 is 0 Å². The number of oxime groups is 1. The third kappa shape index (κ3) is 3.23. The molecule has 4 N–H and O–H groups in total. The van der Waals surface area contributed by atoms with E-state index in [4.69, 9.17) is 10.9 Å². The average Bonchev–Trinajstić information content (AvgIpc) is 2.83. The first kappa shape index (κ1) is 13.8. The maximum atomic E-state index is 13.2. The second kappa shape index (κ2) is 5.57. The molecule has 0 saturated heterocycles. The summed E-state index contributed by atoms with van der Waals surface area (Å²) >= 11 is 0. The van der Waals surface area contributed by atoms with E-state index in [9.17, 15) is 4.39 Å². The molecule has 104 valence electrons. The summed E-state index contributed by atoms with van der Waals surface area (Å²) in [5.74, 6) is -0.453. The SMILES string of the molecule is CC1(NCc2ccc(F)cc2C(N)=NO)CCCC1. The van der Waals surface area contributed by atoms with Gasteiger partial charge in [-0.3, -0.25) is 0 Å². The Bertz CT molecular complexity index is 482. The van der Waals surface area contributed by atoms with Crippen LogP contribution in [0, 0.1) is 5.82 Å². The van der Waals surface area contributed by atoms with Gasteiger partial charge in [-0.05, 0) is 37.5 Å². The van der Waals surface area contributed by atoms with Crippen molar-refractivity contribution in [3.05, 3.63) is 35.1 Å². The molecular weight excluding hydrogens is 245 g/mol. The molecule has 0 radical (unpaired) electrons. The Balaban J connectivity index is 2.15. The lowest BCUT2D eigenvalue weighted by Gasteiger charge is -2.26. The smallest absolute Gasteiger partial charge is 0.170 e. The third-order valence-corrected chi connectivity index (χ3v) is 3.87. The molecule has 2 rings (SSSR count). The predicted octanol–water partition coefficient (Wildman–Crippen LogP) is 2.34. The number of rotatable bonds is 4. The van der Waals surface area contributed by atoms with Crippen LogP contribution in [-0.2, 0) is 6.54 Å². The van der Waals surface area contributed by atoms with E-state index in [-0.39, 0.29) is 11.4 Å². The molecule has 0 unspecified atom stereocenters. The zero-order valence-corrected chi connectivity index (χ0v) is 11.1. The highest BCUT2D eigenvalue weighted by molar-refractivity contribution is 5.98. The summed E-state index contributed by atoms with van der Waals surface area (Å²) in [6.07, 6.45) is 4.76. The van der Waals surface area contributed by atoms with Crippen LogP contribution in [0.4, 0.5) is 4.39 Å². The van der Waals surface area contributed by atoms with Crippen LogP contribution < -0.4 is 11.1 Å². The summed E-state index contributed by atoms with van der Waals surface area (Å²) in [5, 5.41) is 15.2. The van der Waals surface area contributed by atoms with E-state index in [0.29, 0.717) is 12.1 Å². The highest BCUT2D eigenvalue weighted by Gasteiger charge is 2.27. The van der Waals surface area contributed by atoms with Crippen LogP contribution in [0.25, 0.3) is 0 Å². The number of nitrogens with zero attached hydrogens (tertiary/aromatic N) is 1. The van der Waals surface area contributed by atoms with E-state index in [1.54, 1.807) is 6.07 Å². The monoisotopic (exact) mass is 265 g/mol. The van der Waals surface area contributed by atoms with Gasteiger partial charge in [0.2, 0.25) is 0 Å². The molecule has 0 amide bonds. The summed E-state index contributed by atoms with van der Waals surface area (Å²) < 4.78 is 13.2. The number of nitrogens with two attached hydrogens (primary N) is 1. The minimum atomic E-state index is -0.391. The van der Waals surface area contributed by atoms with Gasteiger partial charge in [0.1, 0.15) is 5.82 Å². The maximum absolute atomic E-state index is 13.2. The maximum Gasteiger partial charge on any atom is 0.170 e. The minimum absolute atomic E-state index is 0.0622. The van der Waals surface area contributed by atoms with Crippen LogP contribution in [0.2, 0.25) is 0 Å². The zero-order chi connectivity index (χ0) is 13.9. The van der Waals surface area contributed by atoms with Gasteiger partial charge in [0.05, 0.1) is 0 Å². The van der Waals surface area contributed by atoms with E-state index in [1.807, 2.05) is 0 Å². The first-order chi connectivity index (χ1) is 9.04.